The van der Waals surface area contributed by atoms with Gasteiger partial charge in [-0.05, 0) is 6.92 Å². The predicted molar refractivity (Wildman–Crippen MR) is 124 cm³/mol. The molecule has 37 heavy (non-hydrogen) atoms. The van der Waals surface area contributed by atoms with Crippen LogP contribution in [0.25, 0.3) is 0 Å². The van der Waals surface area contributed by atoms with Crippen LogP contribution in [0.15, 0.2) is 9.59 Å². The molecule has 5 atom stereocenters. The first-order chi connectivity index (χ1) is 17.3. The van der Waals surface area contributed by atoms with Crippen LogP contribution in [0.2, 0.25) is 0 Å². The first-order valence-corrected chi connectivity index (χ1v) is 11.5. The van der Waals surface area contributed by atoms with Crippen molar-refractivity contribution in [3.63, 3.8) is 0 Å². The number of ether oxygens (including phenoxy) is 6. The Kier molecular flexibility index (Phi) is 10.00. The molecule has 2 heterocycles. The molecule has 0 unspecified atom stereocenters. The lowest BCUT2D eigenvalue weighted by Gasteiger charge is -2.39. The van der Waals surface area contributed by atoms with Crippen molar-refractivity contribution in [2.75, 3.05) is 13.2 Å². The van der Waals surface area contributed by atoms with E-state index in [0.717, 1.165) is 36.8 Å². The van der Waals surface area contributed by atoms with Crippen molar-refractivity contribution in [1.29, 1.82) is 0 Å². The number of rotatable bonds is 10. The summed E-state index contributed by atoms with van der Waals surface area (Å²) in [4.78, 5) is 73.6. The van der Waals surface area contributed by atoms with Gasteiger partial charge >= 0.3 is 29.6 Å². The van der Waals surface area contributed by atoms with Gasteiger partial charge < -0.3 is 28.4 Å². The Hall–Kier alpha value is -3.68. The minimum atomic E-state index is -1.52. The molecular formula is C23H32N2O12. The number of nitrogens with zero attached hydrogens (tertiary/aromatic N) is 2. The van der Waals surface area contributed by atoms with E-state index in [9.17, 15) is 28.8 Å². The maximum Gasteiger partial charge on any atom is 0.333 e. The zero-order chi connectivity index (χ0) is 28.0. The van der Waals surface area contributed by atoms with Crippen LogP contribution in [0.4, 0.5) is 0 Å². The van der Waals surface area contributed by atoms with Gasteiger partial charge in [-0.2, -0.15) is 0 Å². The van der Waals surface area contributed by atoms with Crippen LogP contribution in [-0.4, -0.2) is 70.8 Å². The molecule has 0 N–H and O–H groups in total. The third-order valence-electron chi connectivity index (χ3n) is 5.52. The Balaban J connectivity index is 2.79. The zero-order valence-corrected chi connectivity index (χ0v) is 21.8. The standard InChI is InChI=1S/C23H32N2O12/c1-8-32-17-9-15(18-21(30)24(6)23(31)25(7)22(18)37-17)19(35-13(4)28)20(36-14(5)29)16(34-12(3)27)10-33-11(2)26/h15-17,19-20H,8-10H2,1-7H3/t15-,16+,17-,19+,20+/m1/s1. The highest BCUT2D eigenvalue weighted by Crippen LogP contribution is 2.39. The largest absolute Gasteiger partial charge is 0.462 e. The number of aromatic nitrogens is 2. The molecule has 1 aliphatic heterocycles. The van der Waals surface area contributed by atoms with Crippen molar-refractivity contribution in [1.82, 2.24) is 9.13 Å². The molecule has 0 aromatic carbocycles. The van der Waals surface area contributed by atoms with E-state index >= 15 is 0 Å². The van der Waals surface area contributed by atoms with E-state index in [0.29, 0.717) is 0 Å². The lowest BCUT2D eigenvalue weighted by molar-refractivity contribution is -0.194. The summed E-state index contributed by atoms with van der Waals surface area (Å²) in [7, 11) is 2.65. The highest BCUT2D eigenvalue weighted by atomic mass is 16.7. The summed E-state index contributed by atoms with van der Waals surface area (Å²) in [5.74, 6) is -4.32. The smallest absolute Gasteiger partial charge is 0.333 e. The third-order valence-corrected chi connectivity index (χ3v) is 5.52. The molecule has 1 aromatic heterocycles. The summed E-state index contributed by atoms with van der Waals surface area (Å²) < 4.78 is 34.7. The number of esters is 4. The topological polar surface area (TPSA) is 168 Å². The van der Waals surface area contributed by atoms with Gasteiger partial charge in [0.25, 0.3) is 5.56 Å². The monoisotopic (exact) mass is 528 g/mol. The van der Waals surface area contributed by atoms with Crippen LogP contribution in [0, 0.1) is 0 Å². The van der Waals surface area contributed by atoms with Crippen LogP contribution in [0.1, 0.15) is 52.5 Å². The highest BCUT2D eigenvalue weighted by molar-refractivity contribution is 5.69. The molecule has 0 bridgehead atoms. The molecule has 1 aromatic rings. The van der Waals surface area contributed by atoms with Crippen LogP contribution in [0.5, 0.6) is 5.88 Å². The van der Waals surface area contributed by atoms with E-state index in [4.69, 9.17) is 28.4 Å². The zero-order valence-electron chi connectivity index (χ0n) is 21.8. The lowest BCUT2D eigenvalue weighted by Crippen LogP contribution is -2.53. The highest BCUT2D eigenvalue weighted by Gasteiger charge is 2.48. The van der Waals surface area contributed by atoms with Gasteiger partial charge in [-0.15, -0.1) is 0 Å². The predicted octanol–water partition coefficient (Wildman–Crippen LogP) is -0.329. The van der Waals surface area contributed by atoms with Crippen molar-refractivity contribution in [3.8, 4) is 5.88 Å². The second-order valence-corrected chi connectivity index (χ2v) is 8.37. The maximum atomic E-state index is 13.3. The minimum absolute atomic E-state index is 0.0435. The van der Waals surface area contributed by atoms with Crippen molar-refractivity contribution in [2.24, 2.45) is 14.1 Å². The van der Waals surface area contributed by atoms with Gasteiger partial charge in [0.2, 0.25) is 12.2 Å². The minimum Gasteiger partial charge on any atom is -0.462 e. The van der Waals surface area contributed by atoms with Gasteiger partial charge in [-0.25, -0.2) is 4.79 Å². The third kappa shape index (κ3) is 7.18. The molecule has 206 valence electrons. The van der Waals surface area contributed by atoms with Gasteiger partial charge in [-0.1, -0.05) is 0 Å². The van der Waals surface area contributed by atoms with E-state index in [2.05, 4.69) is 0 Å². The van der Waals surface area contributed by atoms with Crippen LogP contribution >= 0.6 is 0 Å². The molecular weight excluding hydrogens is 496 g/mol. The average Bonchev–Trinajstić information content (AvgIpc) is 2.80. The average molecular weight is 529 g/mol. The van der Waals surface area contributed by atoms with Crippen LogP contribution < -0.4 is 16.0 Å². The summed E-state index contributed by atoms with van der Waals surface area (Å²) >= 11 is 0. The fourth-order valence-electron chi connectivity index (χ4n) is 4.12. The molecule has 2 rings (SSSR count). The van der Waals surface area contributed by atoms with Gasteiger partial charge in [0, 0.05) is 60.7 Å². The molecule has 0 radical (unpaired) electrons. The molecule has 1 aliphatic rings. The van der Waals surface area contributed by atoms with E-state index in [1.54, 1.807) is 6.92 Å². The number of fused-ring (bicyclic) bond motifs is 1. The van der Waals surface area contributed by atoms with Crippen molar-refractivity contribution >= 4 is 23.9 Å². The van der Waals surface area contributed by atoms with E-state index < -0.39 is 72.3 Å². The summed E-state index contributed by atoms with van der Waals surface area (Å²) in [6.07, 6.45) is -5.42. The molecule has 0 spiro atoms. The Morgan fingerprint density at radius 3 is 2.03 bits per heavy atom. The molecule has 0 aliphatic carbocycles. The summed E-state index contributed by atoms with van der Waals surface area (Å²) in [5.41, 5.74) is -1.45. The van der Waals surface area contributed by atoms with Crippen molar-refractivity contribution in [2.45, 2.75) is 71.6 Å². The number of hydrogen-bond donors (Lipinski definition) is 0. The van der Waals surface area contributed by atoms with Crippen LogP contribution in [0.3, 0.4) is 0 Å². The lowest BCUT2D eigenvalue weighted by atomic mass is 9.84. The van der Waals surface area contributed by atoms with Gasteiger partial charge in [0.1, 0.15) is 12.7 Å². The Morgan fingerprint density at radius 1 is 0.919 bits per heavy atom. The fourth-order valence-corrected chi connectivity index (χ4v) is 4.12. The Morgan fingerprint density at radius 2 is 1.51 bits per heavy atom. The second-order valence-electron chi connectivity index (χ2n) is 8.37. The second kappa shape index (κ2) is 12.5. The van der Waals surface area contributed by atoms with E-state index in [-0.39, 0.29) is 24.5 Å². The van der Waals surface area contributed by atoms with E-state index in [1.165, 1.54) is 14.1 Å². The summed E-state index contributed by atoms with van der Waals surface area (Å²) in [6, 6.07) is 0. The first kappa shape index (κ1) is 29.5. The van der Waals surface area contributed by atoms with Crippen LogP contribution in [-0.2, 0) is 57.0 Å². The molecule has 0 amide bonds. The summed E-state index contributed by atoms with van der Waals surface area (Å²) in [5, 5.41) is 0. The number of carbonyl (C=O) groups excluding carboxylic acids is 4. The van der Waals surface area contributed by atoms with E-state index in [1.807, 2.05) is 0 Å². The Bertz CT molecular complexity index is 1150. The SMILES string of the molecule is CCO[C@H]1C[C@@H]([C@H](OC(C)=O)[C@@H](OC(C)=O)[C@H](COC(C)=O)OC(C)=O)c2c(n(C)c(=O)n(C)c2=O)O1. The summed E-state index contributed by atoms with van der Waals surface area (Å²) in [6.45, 7) is 5.77. The molecule has 0 fully saturated rings. The molecule has 0 saturated carbocycles. The van der Waals surface area contributed by atoms with Crippen molar-refractivity contribution < 1.29 is 47.6 Å². The molecule has 0 saturated heterocycles. The van der Waals surface area contributed by atoms with Gasteiger partial charge in [-0.3, -0.25) is 33.1 Å². The Labute approximate surface area is 212 Å². The quantitative estimate of drug-likeness (QED) is 0.287. The molecule has 14 nitrogen and oxygen atoms in total. The molecule has 14 heteroatoms. The number of hydrogen-bond acceptors (Lipinski definition) is 12. The first-order valence-electron chi connectivity index (χ1n) is 11.5. The fraction of sp³-hybridized carbons (Fsp3) is 0.652. The van der Waals surface area contributed by atoms with Crippen molar-refractivity contribution in [3.05, 3.63) is 26.4 Å². The maximum absolute atomic E-state index is 13.3. The normalized spacial score (nSPS) is 18.9. The van der Waals surface area contributed by atoms with Gasteiger partial charge in [0.15, 0.2) is 12.2 Å². The number of carbonyl (C=O) groups is 4. The van der Waals surface area contributed by atoms with Gasteiger partial charge in [0.05, 0.1) is 5.56 Å².